The van der Waals surface area contributed by atoms with E-state index < -0.39 is 41.3 Å². The zero-order valence-electron chi connectivity index (χ0n) is 37.5. The summed E-state index contributed by atoms with van der Waals surface area (Å²) in [6.45, 7) is 13.0. The number of H-pyrrole nitrogens is 1. The van der Waals surface area contributed by atoms with Crippen molar-refractivity contribution in [2.24, 2.45) is 11.3 Å². The summed E-state index contributed by atoms with van der Waals surface area (Å²) >= 11 is 0. The number of cyclic esters (lactones) is 1. The van der Waals surface area contributed by atoms with Gasteiger partial charge in [0.15, 0.2) is 0 Å². The predicted molar refractivity (Wildman–Crippen MR) is 239 cm³/mol. The summed E-state index contributed by atoms with van der Waals surface area (Å²) in [4.78, 5) is 62.4. The average Bonchev–Trinajstić information content (AvgIpc) is 3.89. The van der Waals surface area contributed by atoms with Crippen molar-refractivity contribution in [3.8, 4) is 28.1 Å². The smallest absolute Gasteiger partial charge is 0.324 e. The number of aryl methyl sites for hydroxylation is 1. The van der Waals surface area contributed by atoms with Crippen LogP contribution in [0.5, 0.6) is 5.75 Å². The number of phenols is 1. The van der Waals surface area contributed by atoms with E-state index in [1.807, 2.05) is 39.0 Å². The van der Waals surface area contributed by atoms with Crippen LogP contribution in [-0.2, 0) is 54.5 Å². The summed E-state index contributed by atoms with van der Waals surface area (Å²) in [6.07, 6.45) is 4.65. The van der Waals surface area contributed by atoms with Gasteiger partial charge in [-0.25, -0.2) is 5.43 Å². The highest BCUT2D eigenvalue weighted by atomic mass is 16.5. The number of aromatic hydroxyl groups is 1. The molecule has 63 heavy (non-hydrogen) atoms. The van der Waals surface area contributed by atoms with E-state index in [4.69, 9.17) is 14.5 Å². The highest BCUT2D eigenvalue weighted by molar-refractivity contribution is 5.96. The molecule has 0 aliphatic carbocycles. The number of carbonyl (C=O) groups is 4. The monoisotopic (exact) mass is 860 g/mol. The second-order valence-electron chi connectivity index (χ2n) is 18.0. The van der Waals surface area contributed by atoms with Crippen LogP contribution in [0.3, 0.4) is 0 Å². The second kappa shape index (κ2) is 18.7. The number of nitrogens with one attached hydrogen (secondary N) is 3. The number of aromatic amines is 1. The number of ether oxygens (including phenoxy) is 2. The van der Waals surface area contributed by atoms with Crippen LogP contribution in [0, 0.1) is 11.3 Å². The molecule has 0 radical (unpaired) electrons. The SMILES string of the molecule is CCn1c(-c2cccnc2[C@H](C)OC)c2c3cc(ccc31)-c1cc(O)cc(c1)C[C@H](NC(=O)C(C(C)C)N(C)C(=O)Cc1cc[nH]n1)C(=O)N1CCC[C@H](N1)C(=O)OCC(C)(C)C2. The number of hydrazine groups is 1. The number of hydrogen-bond acceptors (Lipinski definition) is 10. The first kappa shape index (κ1) is 45.0. The maximum Gasteiger partial charge on any atom is 0.324 e. The fourth-order valence-corrected chi connectivity index (χ4v) is 9.07. The molecule has 334 valence electrons. The Morgan fingerprint density at radius 2 is 1.89 bits per heavy atom. The van der Waals surface area contributed by atoms with Crippen molar-refractivity contribution in [3.63, 3.8) is 0 Å². The zero-order chi connectivity index (χ0) is 45.2. The second-order valence-corrected chi connectivity index (χ2v) is 18.0. The molecule has 2 aliphatic heterocycles. The van der Waals surface area contributed by atoms with E-state index in [9.17, 15) is 24.3 Å². The number of likely N-dealkylation sites (N-methyl/N-ethyl adjacent to an activating group) is 1. The lowest BCUT2D eigenvalue weighted by Crippen LogP contribution is -2.62. The lowest BCUT2D eigenvalue weighted by atomic mass is 9.84. The highest BCUT2D eigenvalue weighted by Gasteiger charge is 2.38. The number of amides is 3. The van der Waals surface area contributed by atoms with Gasteiger partial charge in [0, 0.05) is 67.9 Å². The number of esters is 1. The van der Waals surface area contributed by atoms with Crippen LogP contribution in [0.1, 0.15) is 83.0 Å². The van der Waals surface area contributed by atoms with Gasteiger partial charge in [-0.2, -0.15) is 5.10 Å². The highest BCUT2D eigenvalue weighted by Crippen LogP contribution is 2.42. The van der Waals surface area contributed by atoms with Gasteiger partial charge in [0.2, 0.25) is 11.8 Å². The summed E-state index contributed by atoms with van der Waals surface area (Å²) in [5.41, 5.74) is 10.1. The maximum atomic E-state index is 14.6. The summed E-state index contributed by atoms with van der Waals surface area (Å²) in [6, 6.07) is 14.3. The first-order valence-electron chi connectivity index (χ1n) is 21.8. The minimum Gasteiger partial charge on any atom is -0.508 e. The van der Waals surface area contributed by atoms with Crippen molar-refractivity contribution in [3.05, 3.63) is 89.5 Å². The Labute approximate surface area is 368 Å². The Kier molecular flexibility index (Phi) is 13.4. The van der Waals surface area contributed by atoms with Crippen LogP contribution >= 0.6 is 0 Å². The molecule has 2 aliphatic rings. The molecule has 6 bridgehead atoms. The molecule has 3 aromatic heterocycles. The third kappa shape index (κ3) is 9.64. The van der Waals surface area contributed by atoms with Gasteiger partial charge < -0.3 is 29.4 Å². The standard InChI is InChI=1S/C48H60N8O7/c1-9-55-40-15-14-31-24-36(40)37(44(55)35-12-10-17-49-42(35)29(4)62-8)26-48(5,6)27-63-47(61)38-13-11-19-56(53-38)46(60)39(22-30-20-32(31)23-34(57)21-30)51-45(59)43(28(2)3)54(7)41(58)25-33-16-18-50-52-33/h10,12,14-18,20-21,23-24,28-29,38-39,43,53,57H,9,11,13,19,22,25-27H2,1-8H3,(H,50,52)(H,51,59)/t29-,38-,39-,43?/m0/s1. The van der Waals surface area contributed by atoms with E-state index in [2.05, 4.69) is 64.5 Å². The number of benzene rings is 2. The number of phenolic OH excluding ortho intramolecular Hbond substituents is 1. The van der Waals surface area contributed by atoms with Crippen LogP contribution in [0.15, 0.2) is 67.0 Å². The molecular weight excluding hydrogens is 801 g/mol. The summed E-state index contributed by atoms with van der Waals surface area (Å²) in [7, 11) is 3.25. The van der Waals surface area contributed by atoms with Crippen LogP contribution in [0.2, 0.25) is 0 Å². The minimum absolute atomic E-state index is 0.00100. The molecule has 5 heterocycles. The van der Waals surface area contributed by atoms with Gasteiger partial charge in [0.1, 0.15) is 23.9 Å². The molecule has 4 N–H and O–H groups in total. The normalized spacial score (nSPS) is 19.0. The van der Waals surface area contributed by atoms with Crippen molar-refractivity contribution in [2.75, 3.05) is 27.3 Å². The number of fused-ring (bicyclic) bond motifs is 6. The largest absolute Gasteiger partial charge is 0.508 e. The summed E-state index contributed by atoms with van der Waals surface area (Å²) < 4.78 is 14.2. The Morgan fingerprint density at radius 3 is 2.60 bits per heavy atom. The first-order chi connectivity index (χ1) is 30.1. The Morgan fingerprint density at radius 1 is 1.10 bits per heavy atom. The fourth-order valence-electron chi connectivity index (χ4n) is 9.07. The zero-order valence-corrected chi connectivity index (χ0v) is 37.5. The van der Waals surface area contributed by atoms with E-state index in [-0.39, 0.29) is 43.1 Å². The molecule has 15 nitrogen and oxygen atoms in total. The molecule has 1 unspecified atom stereocenters. The number of hydrogen-bond donors (Lipinski definition) is 4. The number of carbonyl (C=O) groups excluding carboxylic acids is 4. The van der Waals surface area contributed by atoms with E-state index in [1.165, 1.54) is 9.91 Å². The molecule has 1 fully saturated rings. The van der Waals surface area contributed by atoms with E-state index in [0.717, 1.165) is 44.5 Å². The molecule has 2 aromatic carbocycles. The van der Waals surface area contributed by atoms with Gasteiger partial charge >= 0.3 is 5.97 Å². The quantitative estimate of drug-likeness (QED) is 0.123. The average molecular weight is 861 g/mol. The van der Waals surface area contributed by atoms with Gasteiger partial charge in [0.25, 0.3) is 5.91 Å². The topological polar surface area (TPSA) is 184 Å². The van der Waals surface area contributed by atoms with E-state index in [0.29, 0.717) is 43.6 Å². The molecule has 1 saturated heterocycles. The molecule has 0 saturated carbocycles. The lowest BCUT2D eigenvalue weighted by Gasteiger charge is -2.36. The van der Waals surface area contributed by atoms with Crippen molar-refractivity contribution in [1.29, 1.82) is 0 Å². The maximum absolute atomic E-state index is 14.6. The Bertz CT molecular complexity index is 2480. The van der Waals surface area contributed by atoms with Crippen molar-refractivity contribution < 1.29 is 33.8 Å². The molecule has 0 spiro atoms. The molecule has 7 rings (SSSR count). The van der Waals surface area contributed by atoms with Gasteiger partial charge in [-0.15, -0.1) is 0 Å². The third-order valence-corrected chi connectivity index (χ3v) is 12.3. The summed E-state index contributed by atoms with van der Waals surface area (Å²) in [5, 5.41) is 23.5. The number of methoxy groups -OCH3 is 1. The van der Waals surface area contributed by atoms with E-state index >= 15 is 0 Å². The first-order valence-corrected chi connectivity index (χ1v) is 21.8. The molecule has 4 atom stereocenters. The lowest BCUT2D eigenvalue weighted by molar-refractivity contribution is -0.155. The summed E-state index contributed by atoms with van der Waals surface area (Å²) in [5.74, 6) is -2.06. The molecule has 5 aromatic rings. The van der Waals surface area contributed by atoms with Crippen molar-refractivity contribution in [1.82, 2.24) is 40.4 Å². The number of nitrogens with zero attached hydrogens (tertiary/aromatic N) is 5. The van der Waals surface area contributed by atoms with Gasteiger partial charge in [-0.1, -0.05) is 39.8 Å². The van der Waals surface area contributed by atoms with Crippen molar-refractivity contribution in [2.45, 2.75) is 104 Å². The number of pyridine rings is 1. The van der Waals surface area contributed by atoms with Crippen LogP contribution < -0.4 is 10.7 Å². The van der Waals surface area contributed by atoms with Crippen LogP contribution in [-0.4, -0.2) is 104 Å². The number of rotatable bonds is 10. The molecule has 3 amide bonds. The Balaban J connectivity index is 1.34. The molecule has 15 heteroatoms. The van der Waals surface area contributed by atoms with Crippen LogP contribution in [0.25, 0.3) is 33.3 Å². The van der Waals surface area contributed by atoms with Gasteiger partial charge in [-0.3, -0.25) is 34.3 Å². The third-order valence-electron chi connectivity index (χ3n) is 12.3. The predicted octanol–water partition coefficient (Wildman–Crippen LogP) is 5.90. The van der Waals surface area contributed by atoms with Crippen molar-refractivity contribution >= 4 is 34.6 Å². The Hall–Kier alpha value is -6.06. The van der Waals surface area contributed by atoms with Crippen LogP contribution in [0.4, 0.5) is 0 Å². The fraction of sp³-hybridized carbons (Fsp3) is 0.458. The van der Waals surface area contributed by atoms with E-state index in [1.54, 1.807) is 44.8 Å². The minimum atomic E-state index is -1.14. The van der Waals surface area contributed by atoms with Gasteiger partial charge in [0.05, 0.1) is 36.2 Å². The van der Waals surface area contributed by atoms with Gasteiger partial charge in [-0.05, 0) is 104 Å². The molecular formula is C48H60N8O7. The number of aromatic nitrogens is 4.